The molecule has 1 atom stereocenters. The van der Waals surface area contributed by atoms with Gasteiger partial charge in [-0.3, -0.25) is 4.90 Å². The number of anilines is 1. The summed E-state index contributed by atoms with van der Waals surface area (Å²) < 4.78 is 6.39. The van der Waals surface area contributed by atoms with Gasteiger partial charge < -0.3 is 15.4 Å². The van der Waals surface area contributed by atoms with Gasteiger partial charge in [-0.15, -0.1) is 11.3 Å². The van der Waals surface area contributed by atoms with Gasteiger partial charge in [0, 0.05) is 36.9 Å². The van der Waals surface area contributed by atoms with Crippen LogP contribution in [-0.2, 0) is 4.74 Å². The molecule has 1 fully saturated rings. The van der Waals surface area contributed by atoms with Crippen LogP contribution in [0.25, 0.3) is 0 Å². The minimum Gasteiger partial charge on any atom is -0.376 e. The molecule has 1 aromatic rings. The predicted molar refractivity (Wildman–Crippen MR) is 80.9 cm³/mol. The lowest BCUT2D eigenvalue weighted by Gasteiger charge is -2.30. The Hall–Kier alpha value is -0.630. The first-order valence-corrected chi connectivity index (χ1v) is 7.99. The number of hydrogen-bond donors (Lipinski definition) is 2. The molecule has 0 aromatic carbocycles. The van der Waals surface area contributed by atoms with Crippen LogP contribution in [0.5, 0.6) is 0 Å². The third-order valence-electron chi connectivity index (χ3n) is 2.90. The van der Waals surface area contributed by atoms with Crippen LogP contribution in [0.4, 0.5) is 10.5 Å². The molecule has 2 rings (SSSR count). The molecule has 0 radical (unpaired) electrons. The zero-order valence-corrected chi connectivity index (χ0v) is 13.2. The van der Waals surface area contributed by atoms with Crippen molar-refractivity contribution in [3.8, 4) is 0 Å². The Morgan fingerprint density at radius 2 is 2.47 bits per heavy atom. The molecule has 1 aromatic heterocycles. The zero-order chi connectivity index (χ0) is 13.7. The molecular formula is C12H18BrN3O2S. The minimum atomic E-state index is -0.166. The number of carbonyl (C=O) groups excluding carboxylic acids is 1. The molecular weight excluding hydrogens is 330 g/mol. The van der Waals surface area contributed by atoms with Crippen molar-refractivity contribution in [1.82, 2.24) is 10.2 Å². The summed E-state index contributed by atoms with van der Waals surface area (Å²) in [5.74, 6) is 0. The number of nitrogens with one attached hydrogen (secondary N) is 2. The van der Waals surface area contributed by atoms with Crippen LogP contribution < -0.4 is 10.6 Å². The van der Waals surface area contributed by atoms with Gasteiger partial charge in [-0.1, -0.05) is 0 Å². The molecule has 106 valence electrons. The van der Waals surface area contributed by atoms with E-state index in [1.165, 1.54) is 0 Å². The first kappa shape index (κ1) is 14.8. The van der Waals surface area contributed by atoms with Crippen LogP contribution in [0.1, 0.15) is 6.92 Å². The molecule has 1 saturated heterocycles. The second-order valence-electron chi connectivity index (χ2n) is 4.50. The van der Waals surface area contributed by atoms with E-state index in [4.69, 9.17) is 4.74 Å². The van der Waals surface area contributed by atoms with E-state index < -0.39 is 0 Å². The Balaban J connectivity index is 1.65. The van der Waals surface area contributed by atoms with Gasteiger partial charge in [0.1, 0.15) is 0 Å². The molecule has 2 heterocycles. The van der Waals surface area contributed by atoms with Crippen LogP contribution >= 0.6 is 27.3 Å². The molecule has 1 unspecified atom stereocenters. The predicted octanol–water partition coefficient (Wildman–Crippen LogP) is 2.35. The molecule has 7 heteroatoms. The maximum atomic E-state index is 11.7. The van der Waals surface area contributed by atoms with E-state index in [2.05, 4.69) is 38.4 Å². The van der Waals surface area contributed by atoms with E-state index in [1.54, 1.807) is 11.3 Å². The third-order valence-corrected chi connectivity index (χ3v) is 4.60. The number of halogens is 1. The second kappa shape index (κ2) is 7.23. The second-order valence-corrected chi connectivity index (χ2v) is 6.09. The fourth-order valence-electron chi connectivity index (χ4n) is 1.96. The Labute approximate surface area is 125 Å². The van der Waals surface area contributed by atoms with Gasteiger partial charge in [0.15, 0.2) is 0 Å². The van der Waals surface area contributed by atoms with E-state index in [1.807, 2.05) is 10.8 Å². The van der Waals surface area contributed by atoms with Crippen molar-refractivity contribution in [3.05, 3.63) is 15.2 Å². The molecule has 0 bridgehead atoms. The number of rotatable bonds is 4. The number of thiophene rings is 1. The van der Waals surface area contributed by atoms with Crippen LogP contribution in [0, 0.1) is 0 Å². The minimum absolute atomic E-state index is 0.166. The number of morpholine rings is 1. The van der Waals surface area contributed by atoms with Gasteiger partial charge in [-0.05, 0) is 22.9 Å². The van der Waals surface area contributed by atoms with E-state index >= 15 is 0 Å². The SMILES string of the molecule is CC1CN(CCNC(=O)Nc2cscc2Br)CCO1. The first-order chi connectivity index (χ1) is 9.15. The molecule has 0 saturated carbocycles. The van der Waals surface area contributed by atoms with Crippen molar-refractivity contribution in [2.75, 3.05) is 38.1 Å². The summed E-state index contributed by atoms with van der Waals surface area (Å²) >= 11 is 4.92. The Bertz CT molecular complexity index is 427. The highest BCUT2D eigenvalue weighted by molar-refractivity contribution is 9.10. The number of ether oxygens (including phenoxy) is 1. The highest BCUT2D eigenvalue weighted by Gasteiger charge is 2.16. The number of nitrogens with zero attached hydrogens (tertiary/aromatic N) is 1. The van der Waals surface area contributed by atoms with E-state index in [0.29, 0.717) is 6.54 Å². The summed E-state index contributed by atoms with van der Waals surface area (Å²) in [7, 11) is 0. The summed E-state index contributed by atoms with van der Waals surface area (Å²) in [5.41, 5.74) is 0.808. The van der Waals surface area contributed by atoms with Gasteiger partial charge in [0.05, 0.1) is 22.9 Å². The lowest BCUT2D eigenvalue weighted by atomic mass is 10.3. The maximum Gasteiger partial charge on any atom is 0.319 e. The van der Waals surface area contributed by atoms with Gasteiger partial charge in [-0.2, -0.15) is 0 Å². The van der Waals surface area contributed by atoms with Crippen molar-refractivity contribution >= 4 is 39.0 Å². The number of urea groups is 1. The Kier molecular flexibility index (Phi) is 5.62. The smallest absolute Gasteiger partial charge is 0.319 e. The monoisotopic (exact) mass is 347 g/mol. The zero-order valence-electron chi connectivity index (χ0n) is 10.8. The van der Waals surface area contributed by atoms with Crippen molar-refractivity contribution < 1.29 is 9.53 Å². The Morgan fingerprint density at radius 1 is 1.63 bits per heavy atom. The van der Waals surface area contributed by atoms with Gasteiger partial charge in [0.2, 0.25) is 0 Å². The van der Waals surface area contributed by atoms with Gasteiger partial charge in [-0.25, -0.2) is 4.79 Å². The molecule has 19 heavy (non-hydrogen) atoms. The number of amides is 2. The fraction of sp³-hybridized carbons (Fsp3) is 0.583. The van der Waals surface area contributed by atoms with E-state index in [-0.39, 0.29) is 12.1 Å². The molecule has 0 aliphatic carbocycles. The van der Waals surface area contributed by atoms with Crippen molar-refractivity contribution in [1.29, 1.82) is 0 Å². The molecule has 2 amide bonds. The first-order valence-electron chi connectivity index (χ1n) is 6.25. The lowest BCUT2D eigenvalue weighted by Crippen LogP contribution is -2.45. The molecule has 5 nitrogen and oxygen atoms in total. The largest absolute Gasteiger partial charge is 0.376 e. The molecule has 2 N–H and O–H groups in total. The standard InChI is InChI=1S/C12H18BrN3O2S/c1-9-6-16(4-5-18-9)3-2-14-12(17)15-11-8-19-7-10(11)13/h7-9H,2-6H2,1H3,(H2,14,15,17). The molecule has 1 aliphatic heterocycles. The average molecular weight is 348 g/mol. The lowest BCUT2D eigenvalue weighted by molar-refractivity contribution is -0.0174. The summed E-state index contributed by atoms with van der Waals surface area (Å²) in [4.78, 5) is 14.0. The fourth-order valence-corrected chi connectivity index (χ4v) is 3.28. The Morgan fingerprint density at radius 3 is 3.16 bits per heavy atom. The normalized spacial score (nSPS) is 20.2. The van der Waals surface area contributed by atoms with Gasteiger partial charge >= 0.3 is 6.03 Å². The van der Waals surface area contributed by atoms with Gasteiger partial charge in [0.25, 0.3) is 0 Å². The van der Waals surface area contributed by atoms with E-state index in [0.717, 1.165) is 36.4 Å². The average Bonchev–Trinajstić information content (AvgIpc) is 2.75. The summed E-state index contributed by atoms with van der Waals surface area (Å²) in [6.45, 7) is 6.20. The van der Waals surface area contributed by atoms with Crippen molar-refractivity contribution in [2.24, 2.45) is 0 Å². The number of carbonyl (C=O) groups is 1. The number of hydrogen-bond acceptors (Lipinski definition) is 4. The maximum absolute atomic E-state index is 11.7. The molecule has 0 spiro atoms. The van der Waals surface area contributed by atoms with Crippen molar-refractivity contribution in [2.45, 2.75) is 13.0 Å². The highest BCUT2D eigenvalue weighted by atomic mass is 79.9. The summed E-state index contributed by atoms with van der Waals surface area (Å²) in [6, 6.07) is -0.166. The summed E-state index contributed by atoms with van der Waals surface area (Å²) in [6.07, 6.45) is 0.282. The highest BCUT2D eigenvalue weighted by Crippen LogP contribution is 2.26. The summed E-state index contributed by atoms with van der Waals surface area (Å²) in [5, 5.41) is 9.50. The van der Waals surface area contributed by atoms with Crippen molar-refractivity contribution in [3.63, 3.8) is 0 Å². The van der Waals surface area contributed by atoms with Crippen LogP contribution in [0.3, 0.4) is 0 Å². The third kappa shape index (κ3) is 4.76. The van der Waals surface area contributed by atoms with E-state index in [9.17, 15) is 4.79 Å². The molecule has 1 aliphatic rings. The topological polar surface area (TPSA) is 53.6 Å². The quantitative estimate of drug-likeness (QED) is 0.878. The van der Waals surface area contributed by atoms with Crippen LogP contribution in [-0.4, -0.2) is 49.8 Å². The van der Waals surface area contributed by atoms with Crippen LogP contribution in [0.2, 0.25) is 0 Å². The van der Waals surface area contributed by atoms with Crippen LogP contribution in [0.15, 0.2) is 15.2 Å².